The van der Waals surface area contributed by atoms with Crippen LogP contribution >= 0.6 is 11.3 Å². The van der Waals surface area contributed by atoms with E-state index in [9.17, 15) is 13.2 Å². The summed E-state index contributed by atoms with van der Waals surface area (Å²) in [6.45, 7) is 0. The van der Waals surface area contributed by atoms with Crippen molar-refractivity contribution in [3.63, 3.8) is 0 Å². The van der Waals surface area contributed by atoms with Crippen LogP contribution in [0.15, 0.2) is 42.6 Å². The molecule has 4 rings (SSSR count). The standard InChI is InChI=1S/C11H12F3N3.C7H6N2S/c12-11(13,14)9(15)8-5-2-6-16-10(8)17-7-3-1-4-7;8-7-9-5-3-1-2-4-6(5)10-7/h2,5-7,15H,1,3-4H2,(H,16,17);1-4H,(H2,8,9). The molecule has 0 amide bonds. The zero-order valence-corrected chi connectivity index (χ0v) is 15.1. The number of halogens is 3. The van der Waals surface area contributed by atoms with Gasteiger partial charge in [0.1, 0.15) is 11.5 Å². The molecule has 5 nitrogen and oxygen atoms in total. The first-order valence-electron chi connectivity index (χ1n) is 8.33. The number of nitrogens with one attached hydrogen (secondary N) is 2. The number of hydrogen-bond donors (Lipinski definition) is 3. The number of alkyl halides is 3. The Kier molecular flexibility index (Phi) is 5.59. The van der Waals surface area contributed by atoms with Crippen LogP contribution in [0.5, 0.6) is 0 Å². The summed E-state index contributed by atoms with van der Waals surface area (Å²) in [5, 5.41) is 10.7. The van der Waals surface area contributed by atoms with Crippen LogP contribution in [0.3, 0.4) is 0 Å². The number of anilines is 2. The van der Waals surface area contributed by atoms with Crippen molar-refractivity contribution in [2.75, 3.05) is 11.1 Å². The summed E-state index contributed by atoms with van der Waals surface area (Å²) in [6, 6.07) is 10.8. The van der Waals surface area contributed by atoms with Gasteiger partial charge in [-0.15, -0.1) is 0 Å². The fourth-order valence-corrected chi connectivity index (χ4v) is 3.24. The fraction of sp³-hybridized carbons (Fsp3) is 0.278. The molecule has 0 unspecified atom stereocenters. The predicted octanol–water partition coefficient (Wildman–Crippen LogP) is 4.85. The monoisotopic (exact) mass is 393 g/mol. The summed E-state index contributed by atoms with van der Waals surface area (Å²) in [5.41, 5.74) is 4.95. The lowest BCUT2D eigenvalue weighted by Gasteiger charge is -2.28. The molecule has 1 saturated carbocycles. The van der Waals surface area contributed by atoms with Crippen molar-refractivity contribution in [2.24, 2.45) is 0 Å². The number of rotatable bonds is 3. The Hall–Kier alpha value is -2.68. The maximum Gasteiger partial charge on any atom is 0.433 e. The third-order valence-corrected chi connectivity index (χ3v) is 4.98. The van der Waals surface area contributed by atoms with E-state index in [-0.39, 0.29) is 17.4 Å². The number of pyridine rings is 1. The largest absolute Gasteiger partial charge is 0.433 e. The van der Waals surface area contributed by atoms with E-state index in [0.717, 1.165) is 29.5 Å². The SMILES string of the molecule is N=C(c1cccnc1NC1CCC1)C(F)(F)F.Nc1nc2ccccc2s1. The smallest absolute Gasteiger partial charge is 0.375 e. The molecular formula is C18H18F3N5S. The minimum Gasteiger partial charge on any atom is -0.375 e. The summed E-state index contributed by atoms with van der Waals surface area (Å²) < 4.78 is 38.6. The highest BCUT2D eigenvalue weighted by atomic mass is 32.1. The van der Waals surface area contributed by atoms with Gasteiger partial charge in [0.05, 0.1) is 10.2 Å². The normalized spacial score (nSPS) is 14.2. The van der Waals surface area contributed by atoms with Crippen molar-refractivity contribution in [1.82, 2.24) is 9.97 Å². The van der Waals surface area contributed by atoms with Gasteiger partial charge in [-0.25, -0.2) is 9.97 Å². The van der Waals surface area contributed by atoms with Gasteiger partial charge in [0.2, 0.25) is 0 Å². The van der Waals surface area contributed by atoms with Crippen molar-refractivity contribution >= 4 is 38.2 Å². The fourth-order valence-electron chi connectivity index (χ4n) is 2.51. The number of benzene rings is 1. The first-order valence-corrected chi connectivity index (χ1v) is 9.15. The Morgan fingerprint density at radius 2 is 1.93 bits per heavy atom. The summed E-state index contributed by atoms with van der Waals surface area (Å²) in [5.74, 6) is 0.152. The third-order valence-electron chi connectivity index (χ3n) is 4.12. The molecule has 0 atom stereocenters. The average molecular weight is 393 g/mol. The number of hydrogen-bond acceptors (Lipinski definition) is 6. The van der Waals surface area contributed by atoms with E-state index < -0.39 is 11.9 Å². The molecule has 2 aromatic heterocycles. The highest BCUT2D eigenvalue weighted by Crippen LogP contribution is 2.28. The van der Waals surface area contributed by atoms with Crippen LogP contribution in [0, 0.1) is 5.41 Å². The quantitative estimate of drug-likeness (QED) is 0.555. The number of thiazole rings is 1. The van der Waals surface area contributed by atoms with Crippen molar-refractivity contribution in [1.29, 1.82) is 5.41 Å². The van der Waals surface area contributed by atoms with E-state index in [1.54, 1.807) is 0 Å². The molecule has 9 heteroatoms. The van der Waals surface area contributed by atoms with Gasteiger partial charge in [-0.2, -0.15) is 13.2 Å². The van der Waals surface area contributed by atoms with Gasteiger partial charge in [-0.3, -0.25) is 5.41 Å². The van der Waals surface area contributed by atoms with Gasteiger partial charge in [0.15, 0.2) is 5.13 Å². The van der Waals surface area contributed by atoms with E-state index >= 15 is 0 Å². The van der Waals surface area contributed by atoms with Crippen LogP contribution in [-0.4, -0.2) is 27.9 Å². The number of nitrogens with zero attached hydrogens (tertiary/aromatic N) is 2. The van der Waals surface area contributed by atoms with Crippen LogP contribution < -0.4 is 11.1 Å². The van der Waals surface area contributed by atoms with E-state index in [1.807, 2.05) is 24.3 Å². The minimum atomic E-state index is -4.64. The number of para-hydroxylation sites is 1. The van der Waals surface area contributed by atoms with Crippen LogP contribution in [0.4, 0.5) is 24.1 Å². The second-order valence-electron chi connectivity index (χ2n) is 6.06. The summed E-state index contributed by atoms with van der Waals surface area (Å²) in [7, 11) is 0. The lowest BCUT2D eigenvalue weighted by Crippen LogP contribution is -2.30. The maximum absolute atomic E-state index is 12.5. The van der Waals surface area contributed by atoms with E-state index in [1.165, 1.54) is 29.7 Å². The molecule has 1 aliphatic rings. The topological polar surface area (TPSA) is 87.7 Å². The number of aromatic nitrogens is 2. The van der Waals surface area contributed by atoms with Crippen molar-refractivity contribution in [2.45, 2.75) is 31.5 Å². The Balaban J connectivity index is 0.000000177. The predicted molar refractivity (Wildman–Crippen MR) is 102 cm³/mol. The number of nitrogen functional groups attached to an aromatic ring is 1. The van der Waals surface area contributed by atoms with E-state index in [0.29, 0.717) is 5.13 Å². The second-order valence-corrected chi connectivity index (χ2v) is 7.13. The van der Waals surface area contributed by atoms with E-state index in [4.69, 9.17) is 11.1 Å². The van der Waals surface area contributed by atoms with Crippen LogP contribution in [0.1, 0.15) is 24.8 Å². The average Bonchev–Trinajstić information content (AvgIpc) is 2.97. The van der Waals surface area contributed by atoms with Crippen molar-refractivity contribution in [3.05, 3.63) is 48.2 Å². The summed E-state index contributed by atoms with van der Waals surface area (Å²) in [6.07, 6.45) is -0.255. The van der Waals surface area contributed by atoms with Crippen molar-refractivity contribution < 1.29 is 13.2 Å². The third kappa shape index (κ3) is 4.73. The van der Waals surface area contributed by atoms with Crippen LogP contribution in [0.25, 0.3) is 10.2 Å². The zero-order valence-electron chi connectivity index (χ0n) is 14.3. The van der Waals surface area contributed by atoms with Gasteiger partial charge >= 0.3 is 6.18 Å². The maximum atomic E-state index is 12.5. The molecule has 1 aromatic carbocycles. The molecule has 0 saturated heterocycles. The molecule has 0 bridgehead atoms. The molecule has 0 spiro atoms. The summed E-state index contributed by atoms with van der Waals surface area (Å²) in [4.78, 5) is 7.99. The zero-order chi connectivity index (χ0) is 19.4. The molecule has 0 radical (unpaired) electrons. The number of fused-ring (bicyclic) bond motifs is 1. The second kappa shape index (κ2) is 7.91. The van der Waals surface area contributed by atoms with Crippen molar-refractivity contribution in [3.8, 4) is 0 Å². The molecule has 1 aliphatic carbocycles. The first kappa shape index (κ1) is 19.1. The van der Waals surface area contributed by atoms with Gasteiger partial charge in [0, 0.05) is 17.8 Å². The molecule has 142 valence electrons. The Morgan fingerprint density at radius 3 is 2.56 bits per heavy atom. The highest BCUT2D eigenvalue weighted by molar-refractivity contribution is 7.22. The van der Waals surface area contributed by atoms with Gasteiger partial charge in [-0.1, -0.05) is 23.5 Å². The van der Waals surface area contributed by atoms with Gasteiger partial charge in [-0.05, 0) is 43.5 Å². The lowest BCUT2D eigenvalue weighted by atomic mass is 9.93. The van der Waals surface area contributed by atoms with Gasteiger partial charge < -0.3 is 11.1 Å². The van der Waals surface area contributed by atoms with E-state index in [2.05, 4.69) is 15.3 Å². The molecule has 2 heterocycles. The molecule has 0 aliphatic heterocycles. The molecule has 4 N–H and O–H groups in total. The Labute approximate surface area is 158 Å². The molecule has 27 heavy (non-hydrogen) atoms. The first-order chi connectivity index (χ1) is 12.8. The number of nitrogens with two attached hydrogens (primary N) is 1. The van der Waals surface area contributed by atoms with Crippen LogP contribution in [0.2, 0.25) is 0 Å². The highest BCUT2D eigenvalue weighted by Gasteiger charge is 2.37. The molecular weight excluding hydrogens is 375 g/mol. The van der Waals surface area contributed by atoms with Gasteiger partial charge in [0.25, 0.3) is 0 Å². The molecule has 3 aromatic rings. The summed E-state index contributed by atoms with van der Waals surface area (Å²) >= 11 is 1.52. The molecule has 1 fully saturated rings. The Bertz CT molecular complexity index is 901. The lowest BCUT2D eigenvalue weighted by molar-refractivity contribution is -0.0587. The Morgan fingerprint density at radius 1 is 1.19 bits per heavy atom. The van der Waals surface area contributed by atoms with Crippen LogP contribution in [-0.2, 0) is 0 Å². The minimum absolute atomic E-state index is 0.152.